The largest absolute Gasteiger partial charge is 0.329 e. The highest BCUT2D eigenvalue weighted by Crippen LogP contribution is 2.34. The molecule has 9 heteroatoms. The predicted octanol–water partition coefficient (Wildman–Crippen LogP) is 2.39. The van der Waals surface area contributed by atoms with E-state index in [1.54, 1.807) is 0 Å². The minimum absolute atomic E-state index is 0. The Hall–Kier alpha value is -1.22. The molecule has 1 saturated carbocycles. The monoisotopic (exact) mass is 393 g/mol. The third kappa shape index (κ3) is 4.91. The van der Waals surface area contributed by atoms with Crippen molar-refractivity contribution in [1.29, 1.82) is 0 Å². The molecule has 0 aromatic heterocycles. The van der Waals surface area contributed by atoms with Crippen molar-refractivity contribution >= 4 is 34.0 Å². The van der Waals surface area contributed by atoms with Crippen molar-refractivity contribution in [3.05, 3.63) is 24.0 Å². The maximum absolute atomic E-state index is 13.7. The lowest BCUT2D eigenvalue weighted by molar-refractivity contribution is -0.114. The number of hydrogen-bond acceptors (Lipinski definition) is 4. The average molecular weight is 394 g/mol. The highest BCUT2D eigenvalue weighted by atomic mass is 35.5. The molecule has 0 aliphatic heterocycles. The van der Waals surface area contributed by atoms with E-state index in [9.17, 15) is 17.6 Å². The Morgan fingerprint density at radius 1 is 1.40 bits per heavy atom. The zero-order chi connectivity index (χ0) is 18.0. The summed E-state index contributed by atoms with van der Waals surface area (Å²) in [5.74, 6) is -1.05. The summed E-state index contributed by atoms with van der Waals surface area (Å²) in [6.45, 7) is 3.42. The maximum Gasteiger partial charge on any atom is 0.241 e. The van der Waals surface area contributed by atoms with Crippen molar-refractivity contribution in [2.75, 3.05) is 11.9 Å². The number of halogens is 2. The molecule has 6 nitrogen and oxygen atoms in total. The van der Waals surface area contributed by atoms with Crippen LogP contribution in [0.25, 0.3) is 0 Å². The van der Waals surface area contributed by atoms with Crippen molar-refractivity contribution in [2.24, 2.45) is 11.7 Å². The maximum atomic E-state index is 13.7. The first kappa shape index (κ1) is 21.8. The summed E-state index contributed by atoms with van der Waals surface area (Å²) in [5.41, 5.74) is 5.03. The minimum Gasteiger partial charge on any atom is -0.329 e. The second-order valence-electron chi connectivity index (χ2n) is 6.44. The quantitative estimate of drug-likeness (QED) is 0.714. The van der Waals surface area contributed by atoms with Gasteiger partial charge in [0.05, 0.1) is 10.6 Å². The molecule has 1 aliphatic carbocycles. The molecule has 25 heavy (non-hydrogen) atoms. The van der Waals surface area contributed by atoms with E-state index in [2.05, 4.69) is 10.0 Å². The molecular formula is C16H25ClFN3O3S. The molecule has 0 heterocycles. The first-order valence-electron chi connectivity index (χ1n) is 8.01. The van der Waals surface area contributed by atoms with E-state index >= 15 is 0 Å². The number of anilines is 1. The van der Waals surface area contributed by atoms with Crippen LogP contribution in [0.1, 0.15) is 39.5 Å². The Morgan fingerprint density at radius 2 is 2.08 bits per heavy atom. The molecule has 2 rings (SSSR count). The SMILES string of the molecule is CC(=O)Nc1cc(S(=O)(=O)NC2(CN)CCCCC2C)ccc1F.Cl. The van der Waals surface area contributed by atoms with E-state index in [0.29, 0.717) is 6.42 Å². The molecule has 1 fully saturated rings. The molecule has 0 bridgehead atoms. The number of nitrogens with two attached hydrogens (primary N) is 1. The van der Waals surface area contributed by atoms with Crippen LogP contribution in [0.15, 0.2) is 23.1 Å². The summed E-state index contributed by atoms with van der Waals surface area (Å²) < 4.78 is 42.0. The van der Waals surface area contributed by atoms with E-state index in [4.69, 9.17) is 5.73 Å². The first-order valence-corrected chi connectivity index (χ1v) is 9.50. The lowest BCUT2D eigenvalue weighted by atomic mass is 9.74. The summed E-state index contributed by atoms with van der Waals surface area (Å²) >= 11 is 0. The Morgan fingerprint density at radius 3 is 2.64 bits per heavy atom. The van der Waals surface area contributed by atoms with E-state index in [-0.39, 0.29) is 35.5 Å². The second kappa shape index (κ2) is 8.44. The molecule has 0 saturated heterocycles. The fraction of sp³-hybridized carbons (Fsp3) is 0.562. The van der Waals surface area contributed by atoms with Crippen LogP contribution in [0.2, 0.25) is 0 Å². The second-order valence-corrected chi connectivity index (χ2v) is 8.12. The standard InChI is InChI=1S/C16H24FN3O3S.ClH/c1-11-5-3-4-8-16(11,10-18)20-24(22,23)13-6-7-14(17)15(9-13)19-12(2)21;/h6-7,9,11,20H,3-5,8,10,18H2,1-2H3,(H,19,21);1H. The first-order chi connectivity index (χ1) is 11.2. The van der Waals surface area contributed by atoms with Crippen LogP contribution in [0, 0.1) is 11.7 Å². The minimum atomic E-state index is -3.89. The molecule has 4 N–H and O–H groups in total. The third-order valence-corrected chi connectivity index (χ3v) is 6.26. The van der Waals surface area contributed by atoms with Gasteiger partial charge in [-0.1, -0.05) is 19.8 Å². The molecule has 1 aliphatic rings. The number of nitrogens with one attached hydrogen (secondary N) is 2. The van der Waals surface area contributed by atoms with E-state index in [1.807, 2.05) is 6.92 Å². The van der Waals surface area contributed by atoms with Crippen molar-refractivity contribution in [3.63, 3.8) is 0 Å². The smallest absolute Gasteiger partial charge is 0.241 e. The van der Waals surface area contributed by atoms with Gasteiger partial charge in [0.15, 0.2) is 0 Å². The summed E-state index contributed by atoms with van der Waals surface area (Å²) in [6.07, 6.45) is 3.53. The van der Waals surface area contributed by atoms with Gasteiger partial charge in [-0.3, -0.25) is 4.79 Å². The van der Waals surface area contributed by atoms with Gasteiger partial charge in [0.1, 0.15) is 5.82 Å². The number of carbonyl (C=O) groups is 1. The third-order valence-electron chi connectivity index (χ3n) is 4.71. The van der Waals surface area contributed by atoms with Crippen LogP contribution < -0.4 is 15.8 Å². The lowest BCUT2D eigenvalue weighted by Crippen LogP contribution is -2.58. The molecule has 2 unspecified atom stereocenters. The normalized spacial score (nSPS) is 23.6. The fourth-order valence-corrected chi connectivity index (χ4v) is 4.75. The Balaban J connectivity index is 0.00000312. The van der Waals surface area contributed by atoms with Crippen LogP contribution in [-0.4, -0.2) is 26.4 Å². The molecular weight excluding hydrogens is 369 g/mol. The molecule has 1 aromatic carbocycles. The van der Waals surface area contributed by atoms with Gasteiger partial charge in [0, 0.05) is 19.0 Å². The van der Waals surface area contributed by atoms with Crippen molar-refractivity contribution in [1.82, 2.24) is 4.72 Å². The Kier molecular flexibility index (Phi) is 7.37. The highest BCUT2D eigenvalue weighted by molar-refractivity contribution is 7.89. The number of rotatable bonds is 5. The van der Waals surface area contributed by atoms with Gasteiger partial charge in [-0.25, -0.2) is 17.5 Å². The zero-order valence-corrected chi connectivity index (χ0v) is 16.0. The number of sulfonamides is 1. The summed E-state index contributed by atoms with van der Waals surface area (Å²) in [4.78, 5) is 11.0. The molecule has 0 spiro atoms. The molecule has 1 aromatic rings. The zero-order valence-electron chi connectivity index (χ0n) is 14.3. The Labute approximate surface area is 154 Å². The summed E-state index contributed by atoms with van der Waals surface area (Å²) in [6, 6.07) is 3.33. The summed E-state index contributed by atoms with van der Waals surface area (Å²) in [5, 5.41) is 2.29. The molecule has 1 amide bonds. The number of amides is 1. The van der Waals surface area contributed by atoms with Crippen LogP contribution in [0.4, 0.5) is 10.1 Å². The molecule has 0 radical (unpaired) electrons. The van der Waals surface area contributed by atoms with Crippen molar-refractivity contribution in [2.45, 2.75) is 50.0 Å². The van der Waals surface area contributed by atoms with E-state index < -0.39 is 27.3 Å². The topological polar surface area (TPSA) is 101 Å². The predicted molar refractivity (Wildman–Crippen MR) is 97.7 cm³/mol. The van der Waals surface area contributed by atoms with E-state index in [1.165, 1.54) is 13.0 Å². The van der Waals surface area contributed by atoms with Gasteiger partial charge in [-0.15, -0.1) is 12.4 Å². The van der Waals surface area contributed by atoms with Gasteiger partial charge >= 0.3 is 0 Å². The van der Waals surface area contributed by atoms with Crippen LogP contribution >= 0.6 is 12.4 Å². The van der Waals surface area contributed by atoms with E-state index in [0.717, 1.165) is 31.4 Å². The molecule has 2 atom stereocenters. The van der Waals surface area contributed by atoms with Gasteiger partial charge in [0.2, 0.25) is 15.9 Å². The number of hydrogen-bond donors (Lipinski definition) is 3. The van der Waals surface area contributed by atoms with Gasteiger partial charge < -0.3 is 11.1 Å². The van der Waals surface area contributed by atoms with Crippen molar-refractivity contribution in [3.8, 4) is 0 Å². The van der Waals surface area contributed by atoms with Crippen LogP contribution in [0.5, 0.6) is 0 Å². The lowest BCUT2D eigenvalue weighted by Gasteiger charge is -2.42. The highest BCUT2D eigenvalue weighted by Gasteiger charge is 2.40. The Bertz CT molecular complexity index is 729. The average Bonchev–Trinajstić information content (AvgIpc) is 2.51. The van der Waals surface area contributed by atoms with Gasteiger partial charge in [-0.05, 0) is 37.0 Å². The number of benzene rings is 1. The van der Waals surface area contributed by atoms with Crippen molar-refractivity contribution < 1.29 is 17.6 Å². The molecule has 142 valence electrons. The fourth-order valence-electron chi connectivity index (χ4n) is 3.19. The van der Waals surface area contributed by atoms with Crippen LogP contribution in [-0.2, 0) is 14.8 Å². The van der Waals surface area contributed by atoms with Gasteiger partial charge in [-0.2, -0.15) is 0 Å². The van der Waals surface area contributed by atoms with Gasteiger partial charge in [0.25, 0.3) is 0 Å². The number of carbonyl (C=O) groups excluding carboxylic acids is 1. The van der Waals surface area contributed by atoms with Crippen LogP contribution in [0.3, 0.4) is 0 Å². The summed E-state index contributed by atoms with van der Waals surface area (Å²) in [7, 11) is -3.89.